The predicted molar refractivity (Wildman–Crippen MR) is 84.5 cm³/mol. The fourth-order valence-electron chi connectivity index (χ4n) is 2.73. The fraction of sp³-hybridized carbons (Fsp3) is 0.733. The number of H-pyrrole nitrogens is 1. The lowest BCUT2D eigenvalue weighted by atomic mass is 9.80. The molecular formula is C15H27N3O2S. The monoisotopic (exact) mass is 313 g/mol. The van der Waals surface area contributed by atoms with E-state index in [1.54, 1.807) is 16.6 Å². The van der Waals surface area contributed by atoms with Crippen LogP contribution in [0.1, 0.15) is 39.8 Å². The van der Waals surface area contributed by atoms with Gasteiger partial charge >= 0.3 is 0 Å². The highest BCUT2D eigenvalue weighted by atomic mass is 32.2. The molecule has 0 spiro atoms. The molecule has 2 rings (SSSR count). The molecule has 0 aromatic carbocycles. The number of hydrogen-bond donors (Lipinski definition) is 2. The maximum atomic E-state index is 12.7. The minimum absolute atomic E-state index is 0.151. The number of sulfonamides is 1. The lowest BCUT2D eigenvalue weighted by molar-refractivity contribution is 0.252. The molecule has 0 amide bonds. The van der Waals surface area contributed by atoms with Gasteiger partial charge in [-0.1, -0.05) is 27.7 Å². The largest absolute Gasteiger partial charge is 0.363 e. The predicted octanol–water partition coefficient (Wildman–Crippen LogP) is 2.18. The summed E-state index contributed by atoms with van der Waals surface area (Å²) in [6, 6.07) is 1.74. The molecule has 0 radical (unpaired) electrons. The summed E-state index contributed by atoms with van der Waals surface area (Å²) in [5.74, 6) is 0.424. The van der Waals surface area contributed by atoms with Gasteiger partial charge in [-0.25, -0.2) is 8.42 Å². The van der Waals surface area contributed by atoms with Crippen LogP contribution in [0.25, 0.3) is 0 Å². The minimum atomic E-state index is -3.36. The minimum Gasteiger partial charge on any atom is -0.363 e. The molecule has 1 atom stereocenters. The van der Waals surface area contributed by atoms with Crippen molar-refractivity contribution in [3.8, 4) is 0 Å². The average molecular weight is 313 g/mol. The van der Waals surface area contributed by atoms with E-state index < -0.39 is 10.0 Å². The second kappa shape index (κ2) is 6.10. The molecule has 1 unspecified atom stereocenters. The van der Waals surface area contributed by atoms with Gasteiger partial charge in [-0.15, -0.1) is 0 Å². The molecule has 1 fully saturated rings. The Morgan fingerprint density at radius 2 is 2.14 bits per heavy atom. The van der Waals surface area contributed by atoms with Crippen LogP contribution in [-0.2, 0) is 16.6 Å². The van der Waals surface area contributed by atoms with E-state index >= 15 is 0 Å². The number of nitrogens with zero attached hydrogens (tertiary/aromatic N) is 1. The van der Waals surface area contributed by atoms with Crippen molar-refractivity contribution in [3.05, 3.63) is 18.0 Å². The van der Waals surface area contributed by atoms with Gasteiger partial charge in [0.1, 0.15) is 0 Å². The van der Waals surface area contributed by atoms with Crippen LogP contribution in [0.4, 0.5) is 0 Å². The standard InChI is InChI=1S/C15H27N3O2S/c1-5-16-9-13-8-14(10-17-13)21(19,20)18-7-6-12(11-18)15(2,3)4/h8,10,12,16-17H,5-7,9,11H2,1-4H3. The van der Waals surface area contributed by atoms with E-state index in [-0.39, 0.29) is 5.41 Å². The highest BCUT2D eigenvalue weighted by molar-refractivity contribution is 7.89. The van der Waals surface area contributed by atoms with Crippen molar-refractivity contribution in [1.82, 2.24) is 14.6 Å². The highest BCUT2D eigenvalue weighted by Gasteiger charge is 2.37. The van der Waals surface area contributed by atoms with Gasteiger partial charge in [0.2, 0.25) is 10.0 Å². The summed E-state index contributed by atoms with van der Waals surface area (Å²) < 4.78 is 27.0. The van der Waals surface area contributed by atoms with Crippen LogP contribution in [0.15, 0.2) is 17.2 Å². The molecule has 120 valence electrons. The molecular weight excluding hydrogens is 286 g/mol. The van der Waals surface area contributed by atoms with Crippen LogP contribution in [0, 0.1) is 11.3 Å². The Kier molecular flexibility index (Phi) is 4.80. The number of nitrogens with one attached hydrogen (secondary N) is 2. The van der Waals surface area contributed by atoms with E-state index in [4.69, 9.17) is 0 Å². The van der Waals surface area contributed by atoms with Crippen LogP contribution < -0.4 is 5.32 Å². The first-order valence-corrected chi connectivity index (χ1v) is 9.07. The van der Waals surface area contributed by atoms with Gasteiger partial charge in [0.05, 0.1) is 4.90 Å². The quantitative estimate of drug-likeness (QED) is 0.875. The first kappa shape index (κ1) is 16.5. The SMILES string of the molecule is CCNCc1cc(S(=O)(=O)N2CCC(C(C)(C)C)C2)c[nH]1. The van der Waals surface area contributed by atoms with E-state index in [1.165, 1.54) is 0 Å². The Hall–Kier alpha value is -0.850. The number of aromatic amines is 1. The van der Waals surface area contributed by atoms with Gasteiger partial charge in [-0.05, 0) is 30.4 Å². The number of hydrogen-bond acceptors (Lipinski definition) is 3. The first-order valence-electron chi connectivity index (χ1n) is 7.63. The van der Waals surface area contributed by atoms with E-state index in [9.17, 15) is 8.42 Å². The molecule has 2 heterocycles. The molecule has 0 saturated carbocycles. The van der Waals surface area contributed by atoms with Gasteiger partial charge in [-0.2, -0.15) is 4.31 Å². The van der Waals surface area contributed by atoms with Crippen molar-refractivity contribution in [2.45, 2.75) is 45.6 Å². The van der Waals surface area contributed by atoms with Crippen molar-refractivity contribution in [2.24, 2.45) is 11.3 Å². The third-order valence-electron chi connectivity index (χ3n) is 4.30. The van der Waals surface area contributed by atoms with E-state index in [2.05, 4.69) is 31.1 Å². The van der Waals surface area contributed by atoms with Crippen LogP contribution in [0.2, 0.25) is 0 Å². The van der Waals surface area contributed by atoms with Gasteiger partial charge in [0.25, 0.3) is 0 Å². The molecule has 1 aromatic heterocycles. The van der Waals surface area contributed by atoms with E-state index in [0.717, 1.165) is 18.7 Å². The number of aromatic nitrogens is 1. The summed E-state index contributed by atoms with van der Waals surface area (Å²) in [6.07, 6.45) is 2.55. The first-order chi connectivity index (χ1) is 9.75. The van der Waals surface area contributed by atoms with Gasteiger partial charge in [-0.3, -0.25) is 0 Å². The van der Waals surface area contributed by atoms with Crippen molar-refractivity contribution in [1.29, 1.82) is 0 Å². The molecule has 1 aliphatic rings. The zero-order chi connectivity index (χ0) is 15.7. The Bertz CT molecular complexity index is 572. The van der Waals surface area contributed by atoms with Crippen LogP contribution in [0.5, 0.6) is 0 Å². The van der Waals surface area contributed by atoms with Crippen molar-refractivity contribution in [2.75, 3.05) is 19.6 Å². The topological polar surface area (TPSA) is 65.2 Å². The summed E-state index contributed by atoms with van der Waals surface area (Å²) in [4.78, 5) is 3.42. The average Bonchev–Trinajstić information content (AvgIpc) is 3.05. The molecule has 1 aromatic rings. The zero-order valence-corrected chi connectivity index (χ0v) is 14.3. The van der Waals surface area contributed by atoms with Gasteiger partial charge < -0.3 is 10.3 Å². The molecule has 2 N–H and O–H groups in total. The molecule has 21 heavy (non-hydrogen) atoms. The van der Waals surface area contributed by atoms with Crippen LogP contribution in [0.3, 0.4) is 0 Å². The summed E-state index contributed by atoms with van der Waals surface area (Å²) in [5, 5.41) is 3.19. The van der Waals surface area contributed by atoms with Crippen molar-refractivity contribution in [3.63, 3.8) is 0 Å². The Labute approximate surface area is 128 Å². The summed E-state index contributed by atoms with van der Waals surface area (Å²) in [6.45, 7) is 11.3. The zero-order valence-electron chi connectivity index (χ0n) is 13.4. The fourth-order valence-corrected chi connectivity index (χ4v) is 4.25. The molecule has 0 bridgehead atoms. The second-order valence-electron chi connectivity index (χ2n) is 6.86. The lowest BCUT2D eigenvalue weighted by Crippen LogP contribution is -2.31. The normalized spacial score (nSPS) is 21.0. The van der Waals surface area contributed by atoms with Crippen LogP contribution >= 0.6 is 0 Å². The van der Waals surface area contributed by atoms with Crippen molar-refractivity contribution >= 4 is 10.0 Å². The van der Waals surface area contributed by atoms with E-state index in [0.29, 0.717) is 30.4 Å². The summed E-state index contributed by atoms with van der Waals surface area (Å²) >= 11 is 0. The maximum absolute atomic E-state index is 12.7. The lowest BCUT2D eigenvalue weighted by Gasteiger charge is -2.26. The molecule has 1 saturated heterocycles. The second-order valence-corrected chi connectivity index (χ2v) is 8.79. The smallest absolute Gasteiger partial charge is 0.244 e. The molecule has 6 heteroatoms. The number of rotatable bonds is 5. The van der Waals surface area contributed by atoms with Gasteiger partial charge in [0.15, 0.2) is 0 Å². The molecule has 0 aliphatic carbocycles. The van der Waals surface area contributed by atoms with Crippen LogP contribution in [-0.4, -0.2) is 37.3 Å². The Morgan fingerprint density at radius 3 is 2.71 bits per heavy atom. The Balaban J connectivity index is 2.10. The molecule has 5 nitrogen and oxygen atoms in total. The highest BCUT2D eigenvalue weighted by Crippen LogP contribution is 2.35. The van der Waals surface area contributed by atoms with E-state index in [1.807, 2.05) is 6.92 Å². The third kappa shape index (κ3) is 3.67. The third-order valence-corrected chi connectivity index (χ3v) is 6.14. The summed E-state index contributed by atoms with van der Waals surface area (Å²) in [5.41, 5.74) is 1.06. The Morgan fingerprint density at radius 1 is 1.43 bits per heavy atom. The van der Waals surface area contributed by atoms with Crippen molar-refractivity contribution < 1.29 is 8.42 Å². The van der Waals surface area contributed by atoms with Gasteiger partial charge in [0, 0.05) is 31.5 Å². The summed E-state index contributed by atoms with van der Waals surface area (Å²) in [7, 11) is -3.36. The maximum Gasteiger partial charge on any atom is 0.244 e. The molecule has 1 aliphatic heterocycles.